The van der Waals surface area contributed by atoms with Crippen LogP contribution < -0.4 is 4.74 Å². The topological polar surface area (TPSA) is 50.6 Å². The van der Waals surface area contributed by atoms with Crippen molar-refractivity contribution in [2.75, 3.05) is 7.05 Å². The van der Waals surface area contributed by atoms with E-state index in [1.54, 1.807) is 0 Å². The van der Waals surface area contributed by atoms with Crippen LogP contribution in [0.4, 0.5) is 5.69 Å². The van der Waals surface area contributed by atoms with Crippen LogP contribution in [0.2, 0.25) is 5.02 Å². The lowest BCUT2D eigenvalue weighted by Crippen LogP contribution is -2.24. The summed E-state index contributed by atoms with van der Waals surface area (Å²) in [7, 11) is 2.02. The highest BCUT2D eigenvalue weighted by Gasteiger charge is 2.28. The zero-order valence-electron chi connectivity index (χ0n) is 19.1. The van der Waals surface area contributed by atoms with Crippen molar-refractivity contribution in [2.45, 2.75) is 53.0 Å². The van der Waals surface area contributed by atoms with Gasteiger partial charge >= 0.3 is 0 Å². The van der Waals surface area contributed by atoms with Crippen molar-refractivity contribution >= 4 is 35.2 Å². The molecule has 1 aromatic heterocycles. The smallest absolute Gasteiger partial charge is 0.298 e. The molecule has 2 aromatic carbocycles. The number of aliphatic imine (C=N–C) groups is 1. The maximum atomic E-state index is 6.10. The summed E-state index contributed by atoms with van der Waals surface area (Å²) >= 11 is 7.29. The van der Waals surface area contributed by atoms with Gasteiger partial charge < -0.3 is 9.64 Å². The minimum absolute atomic E-state index is 0.353. The van der Waals surface area contributed by atoms with E-state index < -0.39 is 0 Å². The molecule has 0 amide bonds. The molecule has 0 aliphatic rings. The molecule has 5 nitrogen and oxygen atoms in total. The van der Waals surface area contributed by atoms with Crippen molar-refractivity contribution < 1.29 is 4.74 Å². The molecule has 0 unspecified atom stereocenters. The molecule has 0 saturated heterocycles. The maximum Gasteiger partial charge on any atom is 0.298 e. The first-order chi connectivity index (χ1) is 14.6. The third-order valence-corrected chi connectivity index (χ3v) is 6.26. The standard InChI is InChI=1S/C24H29ClN4OS/c1-15(2)29(7)14-26-20-12-17(4)21(13-16(20)3)30-23-27-22(28-31-23)24(5,6)18-8-10-19(25)11-9-18/h8-15H,1-7H3/b26-14-. The fourth-order valence-electron chi connectivity index (χ4n) is 2.90. The number of halogens is 1. The first-order valence-electron chi connectivity index (χ1n) is 10.2. The zero-order valence-corrected chi connectivity index (χ0v) is 20.7. The number of aromatic nitrogens is 2. The third kappa shape index (κ3) is 5.43. The van der Waals surface area contributed by atoms with Crippen LogP contribution in [-0.2, 0) is 5.41 Å². The molecule has 1 heterocycles. The predicted octanol–water partition coefficient (Wildman–Crippen LogP) is 6.93. The molecule has 3 aromatic rings. The van der Waals surface area contributed by atoms with Crippen LogP contribution >= 0.6 is 23.1 Å². The Morgan fingerprint density at radius 1 is 1.13 bits per heavy atom. The van der Waals surface area contributed by atoms with Gasteiger partial charge in [0.2, 0.25) is 0 Å². The van der Waals surface area contributed by atoms with Crippen molar-refractivity contribution in [2.24, 2.45) is 4.99 Å². The van der Waals surface area contributed by atoms with Gasteiger partial charge in [0.05, 0.1) is 17.4 Å². The Morgan fingerprint density at radius 3 is 2.45 bits per heavy atom. The van der Waals surface area contributed by atoms with Crippen LogP contribution in [0.3, 0.4) is 0 Å². The number of nitrogens with zero attached hydrogens (tertiary/aromatic N) is 4. The van der Waals surface area contributed by atoms with Gasteiger partial charge in [0, 0.05) is 29.6 Å². The minimum atomic E-state index is -0.353. The van der Waals surface area contributed by atoms with E-state index in [0.29, 0.717) is 16.3 Å². The SMILES string of the molecule is Cc1cc(Oc2nc(C(C)(C)c3ccc(Cl)cc3)ns2)c(C)cc1/N=C\N(C)C(C)C. The Bertz CT molecular complexity index is 1070. The predicted molar refractivity (Wildman–Crippen MR) is 131 cm³/mol. The molecule has 164 valence electrons. The number of ether oxygens (including phenoxy) is 1. The average molecular weight is 457 g/mol. The molecule has 0 aliphatic heterocycles. The van der Waals surface area contributed by atoms with Gasteiger partial charge in [-0.05, 0) is 82.5 Å². The molecule has 31 heavy (non-hydrogen) atoms. The van der Waals surface area contributed by atoms with Gasteiger partial charge in [-0.1, -0.05) is 23.7 Å². The summed E-state index contributed by atoms with van der Waals surface area (Å²) < 4.78 is 10.7. The summed E-state index contributed by atoms with van der Waals surface area (Å²) in [5.41, 5.74) is 3.72. The Balaban J connectivity index is 1.80. The van der Waals surface area contributed by atoms with Crippen molar-refractivity contribution in [1.82, 2.24) is 14.3 Å². The summed E-state index contributed by atoms with van der Waals surface area (Å²) in [4.78, 5) is 11.4. The molecule has 3 rings (SSSR count). The van der Waals surface area contributed by atoms with Gasteiger partial charge in [-0.15, -0.1) is 0 Å². The summed E-state index contributed by atoms with van der Waals surface area (Å²) in [6.07, 6.45) is 1.86. The second-order valence-electron chi connectivity index (χ2n) is 8.53. The highest BCUT2D eigenvalue weighted by Crippen LogP contribution is 2.36. The second kappa shape index (κ2) is 9.37. The maximum absolute atomic E-state index is 6.10. The zero-order chi connectivity index (χ0) is 22.8. The number of benzene rings is 2. The number of rotatable bonds is 7. The van der Waals surface area contributed by atoms with Crippen molar-refractivity contribution in [1.29, 1.82) is 0 Å². The summed E-state index contributed by atoms with van der Waals surface area (Å²) in [6, 6.07) is 12.2. The summed E-state index contributed by atoms with van der Waals surface area (Å²) in [5.74, 6) is 1.49. The monoisotopic (exact) mass is 456 g/mol. The Labute approximate surface area is 193 Å². The first-order valence-corrected chi connectivity index (χ1v) is 11.4. The van der Waals surface area contributed by atoms with Crippen molar-refractivity contribution in [3.63, 3.8) is 0 Å². The quantitative estimate of drug-likeness (QED) is 0.286. The van der Waals surface area contributed by atoms with E-state index in [0.717, 1.165) is 34.0 Å². The molecule has 0 fully saturated rings. The Hall–Kier alpha value is -2.44. The van der Waals surface area contributed by atoms with Gasteiger partial charge in [0.1, 0.15) is 5.75 Å². The van der Waals surface area contributed by atoms with E-state index in [-0.39, 0.29) is 5.41 Å². The van der Waals surface area contributed by atoms with Crippen molar-refractivity contribution in [3.05, 3.63) is 63.9 Å². The lowest BCUT2D eigenvalue weighted by Gasteiger charge is -2.21. The summed E-state index contributed by atoms with van der Waals surface area (Å²) in [6.45, 7) is 12.5. The van der Waals surface area contributed by atoms with Gasteiger partial charge in [-0.25, -0.2) is 4.99 Å². The molecule has 0 atom stereocenters. The van der Waals surface area contributed by atoms with Crippen LogP contribution in [0.25, 0.3) is 0 Å². The van der Waals surface area contributed by atoms with Crippen molar-refractivity contribution in [3.8, 4) is 10.9 Å². The van der Waals surface area contributed by atoms with E-state index >= 15 is 0 Å². The van der Waals surface area contributed by atoms with E-state index in [1.807, 2.05) is 63.6 Å². The molecule has 0 spiro atoms. The van der Waals surface area contributed by atoms with Crippen LogP contribution in [0, 0.1) is 13.8 Å². The molecule has 0 N–H and O–H groups in total. The lowest BCUT2D eigenvalue weighted by molar-refractivity contribution is 0.429. The molecular formula is C24H29ClN4OS. The van der Waals surface area contributed by atoms with Crippen LogP contribution in [0.5, 0.6) is 10.9 Å². The van der Waals surface area contributed by atoms with Crippen LogP contribution in [0.15, 0.2) is 41.4 Å². The molecule has 7 heteroatoms. The number of aryl methyl sites for hydroxylation is 2. The van der Waals surface area contributed by atoms with Crippen LogP contribution in [0.1, 0.15) is 50.2 Å². The third-order valence-electron chi connectivity index (χ3n) is 5.42. The first kappa shape index (κ1) is 23.2. The molecule has 0 saturated carbocycles. The summed E-state index contributed by atoms with van der Waals surface area (Å²) in [5, 5.41) is 1.24. The van der Waals surface area contributed by atoms with E-state index in [4.69, 9.17) is 16.3 Å². The van der Waals surface area contributed by atoms with E-state index in [2.05, 4.69) is 46.9 Å². The molecule has 0 aliphatic carbocycles. The highest BCUT2D eigenvalue weighted by molar-refractivity contribution is 7.07. The highest BCUT2D eigenvalue weighted by atomic mass is 35.5. The second-order valence-corrected chi connectivity index (χ2v) is 9.68. The average Bonchev–Trinajstić information content (AvgIpc) is 3.19. The fourth-order valence-corrected chi connectivity index (χ4v) is 3.72. The fraction of sp³-hybridized carbons (Fsp3) is 0.375. The molecular weight excluding hydrogens is 428 g/mol. The van der Waals surface area contributed by atoms with E-state index in [1.165, 1.54) is 11.5 Å². The normalized spacial score (nSPS) is 12.0. The van der Waals surface area contributed by atoms with E-state index in [9.17, 15) is 0 Å². The minimum Gasteiger partial charge on any atom is -0.430 e. The molecule has 0 bridgehead atoms. The van der Waals surface area contributed by atoms with Gasteiger partial charge in [-0.3, -0.25) is 0 Å². The van der Waals surface area contributed by atoms with Crippen LogP contribution in [-0.4, -0.2) is 33.7 Å². The Kier molecular flexibility index (Phi) is 7.02. The van der Waals surface area contributed by atoms with Gasteiger partial charge in [-0.2, -0.15) is 9.36 Å². The van der Waals surface area contributed by atoms with Gasteiger partial charge in [0.25, 0.3) is 5.19 Å². The largest absolute Gasteiger partial charge is 0.430 e. The lowest BCUT2D eigenvalue weighted by atomic mass is 9.84. The molecule has 0 radical (unpaired) electrons. The number of hydrogen-bond acceptors (Lipinski definition) is 5. The number of hydrogen-bond donors (Lipinski definition) is 0. The Morgan fingerprint density at radius 2 is 1.81 bits per heavy atom. The van der Waals surface area contributed by atoms with Gasteiger partial charge in [0.15, 0.2) is 5.82 Å².